The van der Waals surface area contributed by atoms with Crippen molar-refractivity contribution in [1.82, 2.24) is 10.2 Å². The number of rotatable bonds is 8. The number of carbonyl (C=O) groups excluding carboxylic acids is 1. The lowest BCUT2D eigenvalue weighted by atomic mass is 9.96. The number of carbonyl (C=O) groups is 1. The Morgan fingerprint density at radius 2 is 1.70 bits per heavy atom. The van der Waals surface area contributed by atoms with Crippen LogP contribution in [0, 0.1) is 0 Å². The van der Waals surface area contributed by atoms with E-state index >= 15 is 0 Å². The molecule has 0 radical (unpaired) electrons. The first-order valence-electron chi connectivity index (χ1n) is 10.9. The average molecular weight is 512 g/mol. The Bertz CT molecular complexity index is 1100. The minimum atomic E-state index is -3.51. The van der Waals surface area contributed by atoms with E-state index in [1.54, 1.807) is 12.1 Å². The first kappa shape index (κ1) is 24.1. The van der Waals surface area contributed by atoms with Crippen molar-refractivity contribution in [3.63, 3.8) is 0 Å². The van der Waals surface area contributed by atoms with Gasteiger partial charge in [0.15, 0.2) is 6.61 Å². The summed E-state index contributed by atoms with van der Waals surface area (Å²) in [5.74, 6) is 0.0173. The van der Waals surface area contributed by atoms with Gasteiger partial charge in [-0.1, -0.05) is 35.3 Å². The molecule has 0 saturated carbocycles. The molecule has 33 heavy (non-hydrogen) atoms. The highest BCUT2D eigenvalue weighted by Gasteiger charge is 2.40. The fraction of sp³-hybridized carbons (Fsp3) is 0.435. The first-order chi connectivity index (χ1) is 15.7. The summed E-state index contributed by atoms with van der Waals surface area (Å²) in [5, 5.41) is 4.19. The van der Waals surface area contributed by atoms with E-state index in [2.05, 4.69) is 27.1 Å². The van der Waals surface area contributed by atoms with Crippen LogP contribution < -0.4 is 14.8 Å². The molecule has 2 bridgehead atoms. The third kappa shape index (κ3) is 6.53. The van der Waals surface area contributed by atoms with Gasteiger partial charge in [0.1, 0.15) is 5.75 Å². The van der Waals surface area contributed by atoms with E-state index in [1.807, 2.05) is 12.1 Å². The van der Waals surface area contributed by atoms with E-state index in [9.17, 15) is 13.2 Å². The molecular weight excluding hydrogens is 485 g/mol. The molecule has 178 valence electrons. The SMILES string of the molecule is CS(=O)(=O)Nc1cc(Cl)ccc1OCC(=O)NC1CC2CCC(C1)N2Cc1ccc(Cl)cc1. The van der Waals surface area contributed by atoms with E-state index in [1.165, 1.54) is 11.6 Å². The van der Waals surface area contributed by atoms with Crippen molar-refractivity contribution in [2.24, 2.45) is 0 Å². The molecule has 2 atom stereocenters. The molecule has 2 aliphatic heterocycles. The summed E-state index contributed by atoms with van der Waals surface area (Å²) in [6.45, 7) is 0.684. The third-order valence-corrected chi connectivity index (χ3v) is 7.20. The first-order valence-corrected chi connectivity index (χ1v) is 13.5. The summed E-state index contributed by atoms with van der Waals surface area (Å²) in [5.41, 5.74) is 1.44. The van der Waals surface area contributed by atoms with E-state index < -0.39 is 10.0 Å². The number of hydrogen-bond donors (Lipinski definition) is 2. The number of nitrogens with one attached hydrogen (secondary N) is 2. The molecular formula is C23H27Cl2N3O4S. The smallest absolute Gasteiger partial charge is 0.258 e. The summed E-state index contributed by atoms with van der Waals surface area (Å²) in [6, 6.07) is 13.5. The fourth-order valence-electron chi connectivity index (χ4n) is 4.77. The number of ether oxygens (including phenoxy) is 1. The molecule has 2 aromatic rings. The minimum Gasteiger partial charge on any atom is -0.482 e. The number of piperidine rings is 1. The summed E-state index contributed by atoms with van der Waals surface area (Å²) >= 11 is 12.0. The third-order valence-electron chi connectivity index (χ3n) is 6.12. The predicted molar refractivity (Wildman–Crippen MR) is 130 cm³/mol. The molecule has 0 aromatic heterocycles. The fourth-order valence-corrected chi connectivity index (χ4v) is 5.63. The van der Waals surface area contributed by atoms with Gasteiger partial charge in [-0.3, -0.25) is 14.4 Å². The van der Waals surface area contributed by atoms with Crippen LogP contribution in [-0.2, 0) is 21.4 Å². The van der Waals surface area contributed by atoms with Crippen LogP contribution in [0.25, 0.3) is 0 Å². The molecule has 0 spiro atoms. The Kier molecular flexibility index (Phi) is 7.38. The monoisotopic (exact) mass is 511 g/mol. The molecule has 2 aromatic carbocycles. The van der Waals surface area contributed by atoms with E-state index in [0.29, 0.717) is 17.1 Å². The van der Waals surface area contributed by atoms with Gasteiger partial charge in [-0.15, -0.1) is 0 Å². The largest absolute Gasteiger partial charge is 0.482 e. The second-order valence-corrected chi connectivity index (χ2v) is 11.3. The van der Waals surface area contributed by atoms with Gasteiger partial charge < -0.3 is 10.1 Å². The maximum Gasteiger partial charge on any atom is 0.258 e. The van der Waals surface area contributed by atoms with Gasteiger partial charge in [0.25, 0.3) is 5.91 Å². The molecule has 2 aliphatic rings. The summed E-state index contributed by atoms with van der Waals surface area (Å²) in [7, 11) is -3.51. The molecule has 1 amide bonds. The second-order valence-electron chi connectivity index (χ2n) is 8.72. The van der Waals surface area contributed by atoms with Crippen molar-refractivity contribution in [2.45, 2.75) is 50.4 Å². The highest BCUT2D eigenvalue weighted by atomic mass is 35.5. The van der Waals surface area contributed by atoms with Crippen molar-refractivity contribution >= 4 is 44.8 Å². The number of sulfonamides is 1. The highest BCUT2D eigenvalue weighted by Crippen LogP contribution is 2.37. The Morgan fingerprint density at radius 1 is 1.06 bits per heavy atom. The Labute approximate surface area is 204 Å². The molecule has 2 fully saturated rings. The zero-order valence-electron chi connectivity index (χ0n) is 18.3. The van der Waals surface area contributed by atoms with Gasteiger partial charge in [0.05, 0.1) is 11.9 Å². The van der Waals surface area contributed by atoms with Crippen LogP contribution in [0.15, 0.2) is 42.5 Å². The lowest BCUT2D eigenvalue weighted by Crippen LogP contribution is -2.50. The number of anilines is 1. The molecule has 10 heteroatoms. The number of halogens is 2. The van der Waals surface area contributed by atoms with E-state index in [-0.39, 0.29) is 30.0 Å². The van der Waals surface area contributed by atoms with Gasteiger partial charge >= 0.3 is 0 Å². The topological polar surface area (TPSA) is 87.7 Å². The van der Waals surface area contributed by atoms with Crippen LogP contribution in [0.2, 0.25) is 10.0 Å². The van der Waals surface area contributed by atoms with Gasteiger partial charge in [0, 0.05) is 34.7 Å². The van der Waals surface area contributed by atoms with Gasteiger partial charge in [-0.25, -0.2) is 8.42 Å². The molecule has 2 unspecified atom stereocenters. The van der Waals surface area contributed by atoms with Crippen molar-refractivity contribution in [3.8, 4) is 5.75 Å². The number of amides is 1. The summed E-state index contributed by atoms with van der Waals surface area (Å²) in [4.78, 5) is 15.1. The van der Waals surface area contributed by atoms with Crippen LogP contribution >= 0.6 is 23.2 Å². The maximum absolute atomic E-state index is 12.6. The van der Waals surface area contributed by atoms with Crippen molar-refractivity contribution < 1.29 is 17.9 Å². The summed E-state index contributed by atoms with van der Waals surface area (Å²) < 4.78 is 31.1. The molecule has 2 N–H and O–H groups in total. The molecule has 2 heterocycles. The number of nitrogens with zero attached hydrogens (tertiary/aromatic N) is 1. The molecule has 2 saturated heterocycles. The van der Waals surface area contributed by atoms with Gasteiger partial charge in [-0.2, -0.15) is 0 Å². The van der Waals surface area contributed by atoms with E-state index in [0.717, 1.165) is 43.5 Å². The molecule has 0 aliphatic carbocycles. The normalized spacial score (nSPS) is 22.7. The van der Waals surface area contributed by atoms with Crippen molar-refractivity contribution in [2.75, 3.05) is 17.6 Å². The zero-order chi connectivity index (χ0) is 23.6. The second kappa shape index (κ2) is 10.1. The Morgan fingerprint density at radius 3 is 2.33 bits per heavy atom. The van der Waals surface area contributed by atoms with Crippen molar-refractivity contribution in [1.29, 1.82) is 0 Å². The average Bonchev–Trinajstić information content (AvgIpc) is 2.96. The highest BCUT2D eigenvalue weighted by molar-refractivity contribution is 7.92. The Hall–Kier alpha value is -2.00. The van der Waals surface area contributed by atoms with E-state index in [4.69, 9.17) is 27.9 Å². The standard InChI is InChI=1S/C23H27Cl2N3O4S/c1-33(30,31)27-21-10-17(25)6-9-22(21)32-14-23(29)26-18-11-19-7-8-20(12-18)28(19)13-15-2-4-16(24)5-3-15/h2-6,9-10,18-20,27H,7-8,11-14H2,1H3,(H,26,29). The van der Waals surface area contributed by atoms with Crippen LogP contribution in [0.4, 0.5) is 5.69 Å². The summed E-state index contributed by atoms with van der Waals surface area (Å²) in [6.07, 6.45) is 5.10. The van der Waals surface area contributed by atoms with Crippen LogP contribution in [0.1, 0.15) is 31.2 Å². The van der Waals surface area contributed by atoms with Gasteiger partial charge in [-0.05, 0) is 61.6 Å². The number of benzene rings is 2. The quantitative estimate of drug-likeness (QED) is 0.557. The Balaban J connectivity index is 1.30. The molecule has 4 rings (SSSR count). The minimum absolute atomic E-state index is 0.0962. The van der Waals surface area contributed by atoms with Crippen molar-refractivity contribution in [3.05, 3.63) is 58.1 Å². The lowest BCUT2D eigenvalue weighted by Gasteiger charge is -2.39. The van der Waals surface area contributed by atoms with Crippen LogP contribution in [-0.4, -0.2) is 50.2 Å². The van der Waals surface area contributed by atoms with Gasteiger partial charge in [0.2, 0.25) is 10.0 Å². The maximum atomic E-state index is 12.6. The van der Waals surface area contributed by atoms with Crippen LogP contribution in [0.5, 0.6) is 5.75 Å². The van der Waals surface area contributed by atoms with Crippen LogP contribution in [0.3, 0.4) is 0 Å². The predicted octanol–water partition coefficient (Wildman–Crippen LogP) is 4.06. The lowest BCUT2D eigenvalue weighted by molar-refractivity contribution is -0.124. The molecule has 7 nitrogen and oxygen atoms in total. The zero-order valence-corrected chi connectivity index (χ0v) is 20.6. The number of hydrogen-bond acceptors (Lipinski definition) is 5. The number of fused-ring (bicyclic) bond motifs is 2.